The first kappa shape index (κ1) is 13.1. The summed E-state index contributed by atoms with van der Waals surface area (Å²) in [5.74, 6) is 0.241. The van der Waals surface area contributed by atoms with Crippen LogP contribution in [0.4, 0.5) is 5.69 Å². The molecule has 0 aliphatic rings. The average molecular weight is 280 g/mol. The van der Waals surface area contributed by atoms with Crippen molar-refractivity contribution in [3.8, 4) is 0 Å². The van der Waals surface area contributed by atoms with Gasteiger partial charge in [-0.25, -0.2) is 0 Å². The number of halogens is 1. The van der Waals surface area contributed by atoms with Crippen LogP contribution in [0.5, 0.6) is 0 Å². The molecule has 0 aliphatic heterocycles. The van der Waals surface area contributed by atoms with Crippen LogP contribution in [-0.2, 0) is 17.6 Å². The summed E-state index contributed by atoms with van der Waals surface area (Å²) in [5, 5.41) is 0. The van der Waals surface area contributed by atoms with E-state index in [4.69, 9.17) is 17.3 Å². The molecule has 0 fully saturated rings. The van der Waals surface area contributed by atoms with Gasteiger partial charge >= 0.3 is 0 Å². The summed E-state index contributed by atoms with van der Waals surface area (Å²) in [4.78, 5) is 12.8. The average Bonchev–Trinajstić information content (AvgIpc) is 2.74. The van der Waals surface area contributed by atoms with E-state index in [1.165, 1.54) is 11.3 Å². The number of Topliss-reactive ketones (excluding diaryl/α,β-unsaturated/α-hetero) is 1. The van der Waals surface area contributed by atoms with Gasteiger partial charge in [0.15, 0.2) is 0 Å². The Hall–Kier alpha value is -1.32. The number of anilines is 1. The summed E-state index contributed by atoms with van der Waals surface area (Å²) in [5.41, 5.74) is 7.50. The minimum Gasteiger partial charge on any atom is -0.399 e. The molecule has 1 aromatic carbocycles. The highest BCUT2D eigenvalue weighted by Crippen LogP contribution is 2.22. The third-order valence-electron chi connectivity index (χ3n) is 2.67. The Morgan fingerprint density at radius 2 is 1.89 bits per heavy atom. The van der Waals surface area contributed by atoms with Crippen LogP contribution in [-0.4, -0.2) is 5.78 Å². The Labute approximate surface area is 115 Å². The Balaban J connectivity index is 1.83. The third-order valence-corrected chi connectivity index (χ3v) is 3.90. The van der Waals surface area contributed by atoms with Crippen LogP contribution in [0.2, 0.25) is 4.34 Å². The fourth-order valence-corrected chi connectivity index (χ4v) is 2.81. The molecule has 0 spiro atoms. The second-order valence-corrected chi connectivity index (χ2v) is 5.96. The summed E-state index contributed by atoms with van der Waals surface area (Å²) in [6.45, 7) is 0. The fourth-order valence-electron chi connectivity index (χ4n) is 1.70. The Kier molecular flexibility index (Phi) is 4.39. The van der Waals surface area contributed by atoms with Gasteiger partial charge in [-0.15, -0.1) is 11.3 Å². The van der Waals surface area contributed by atoms with Crippen molar-refractivity contribution in [2.45, 2.75) is 19.3 Å². The van der Waals surface area contributed by atoms with Crippen LogP contribution in [0.3, 0.4) is 0 Å². The molecule has 0 atom stereocenters. The van der Waals surface area contributed by atoms with Crippen molar-refractivity contribution < 1.29 is 4.79 Å². The SMILES string of the molecule is Nc1ccc(CCC(=O)Cc2ccc(Cl)s2)cc1. The Bertz CT molecular complexity index is 533. The molecular weight excluding hydrogens is 266 g/mol. The van der Waals surface area contributed by atoms with Crippen molar-refractivity contribution in [2.24, 2.45) is 0 Å². The lowest BCUT2D eigenvalue weighted by Crippen LogP contribution is -2.03. The van der Waals surface area contributed by atoms with Crippen molar-refractivity contribution in [1.29, 1.82) is 0 Å². The molecule has 0 bridgehead atoms. The van der Waals surface area contributed by atoms with Crippen molar-refractivity contribution in [3.63, 3.8) is 0 Å². The lowest BCUT2D eigenvalue weighted by atomic mass is 10.1. The second kappa shape index (κ2) is 6.03. The number of carbonyl (C=O) groups is 1. The predicted molar refractivity (Wildman–Crippen MR) is 77.2 cm³/mol. The van der Waals surface area contributed by atoms with Crippen LogP contribution in [0, 0.1) is 0 Å². The monoisotopic (exact) mass is 279 g/mol. The summed E-state index contributed by atoms with van der Waals surface area (Å²) in [6, 6.07) is 11.4. The maximum Gasteiger partial charge on any atom is 0.138 e. The van der Waals surface area contributed by atoms with Crippen LogP contribution in [0.15, 0.2) is 36.4 Å². The number of hydrogen-bond acceptors (Lipinski definition) is 3. The minimum absolute atomic E-state index is 0.241. The highest BCUT2D eigenvalue weighted by atomic mass is 35.5. The van der Waals surface area contributed by atoms with Crippen molar-refractivity contribution in [1.82, 2.24) is 0 Å². The number of benzene rings is 1. The molecule has 4 heteroatoms. The number of ketones is 1. The number of carbonyl (C=O) groups excluding carboxylic acids is 1. The number of hydrogen-bond donors (Lipinski definition) is 1. The molecule has 0 radical (unpaired) electrons. The maximum atomic E-state index is 11.8. The zero-order valence-electron chi connectivity index (χ0n) is 9.86. The van der Waals surface area contributed by atoms with Gasteiger partial charge in [0.1, 0.15) is 5.78 Å². The second-order valence-electron chi connectivity index (χ2n) is 4.16. The summed E-state index contributed by atoms with van der Waals surface area (Å²) in [7, 11) is 0. The van der Waals surface area contributed by atoms with Crippen molar-refractivity contribution in [2.75, 3.05) is 5.73 Å². The molecule has 2 aromatic rings. The molecule has 18 heavy (non-hydrogen) atoms. The maximum absolute atomic E-state index is 11.8. The van der Waals surface area contributed by atoms with Gasteiger partial charge < -0.3 is 5.73 Å². The largest absolute Gasteiger partial charge is 0.399 e. The molecule has 2 N–H and O–H groups in total. The van der Waals surface area contributed by atoms with Gasteiger partial charge in [-0.1, -0.05) is 23.7 Å². The lowest BCUT2D eigenvalue weighted by Gasteiger charge is -2.01. The van der Waals surface area contributed by atoms with E-state index in [0.717, 1.165) is 26.9 Å². The first-order valence-corrected chi connectivity index (χ1v) is 6.93. The molecule has 1 heterocycles. The van der Waals surface area contributed by atoms with E-state index < -0.39 is 0 Å². The molecule has 0 saturated carbocycles. The molecule has 0 unspecified atom stereocenters. The standard InChI is InChI=1S/C14H14ClNOS/c15-14-8-7-13(18-14)9-12(17)6-3-10-1-4-11(16)5-2-10/h1-2,4-5,7-8H,3,6,9,16H2. The summed E-state index contributed by atoms with van der Waals surface area (Å²) in [6.07, 6.45) is 1.80. The Morgan fingerprint density at radius 1 is 1.17 bits per heavy atom. The topological polar surface area (TPSA) is 43.1 Å². The zero-order valence-corrected chi connectivity index (χ0v) is 11.4. The fraction of sp³-hybridized carbons (Fsp3) is 0.214. The van der Waals surface area contributed by atoms with Crippen LogP contribution in [0.1, 0.15) is 16.9 Å². The molecule has 2 rings (SSSR count). The number of aryl methyl sites for hydroxylation is 1. The van der Waals surface area contributed by atoms with Gasteiger partial charge in [0, 0.05) is 23.4 Å². The van der Waals surface area contributed by atoms with E-state index in [0.29, 0.717) is 12.8 Å². The Morgan fingerprint density at radius 3 is 2.50 bits per heavy atom. The van der Waals surface area contributed by atoms with E-state index >= 15 is 0 Å². The lowest BCUT2D eigenvalue weighted by molar-refractivity contribution is -0.118. The van der Waals surface area contributed by atoms with E-state index in [9.17, 15) is 4.79 Å². The van der Waals surface area contributed by atoms with Crippen LogP contribution < -0.4 is 5.73 Å². The highest BCUT2D eigenvalue weighted by molar-refractivity contribution is 7.16. The smallest absolute Gasteiger partial charge is 0.138 e. The van der Waals surface area contributed by atoms with Gasteiger partial charge in [0.05, 0.1) is 4.34 Å². The van der Waals surface area contributed by atoms with E-state index in [1.807, 2.05) is 36.4 Å². The van der Waals surface area contributed by atoms with Crippen molar-refractivity contribution in [3.05, 3.63) is 51.2 Å². The quantitative estimate of drug-likeness (QED) is 0.848. The summed E-state index contributed by atoms with van der Waals surface area (Å²) >= 11 is 7.29. The highest BCUT2D eigenvalue weighted by Gasteiger charge is 2.06. The number of nitrogens with two attached hydrogens (primary N) is 1. The normalized spacial score (nSPS) is 10.5. The number of nitrogen functional groups attached to an aromatic ring is 1. The van der Waals surface area contributed by atoms with Crippen LogP contribution in [0.25, 0.3) is 0 Å². The first-order valence-electron chi connectivity index (χ1n) is 5.74. The molecule has 0 saturated heterocycles. The van der Waals surface area contributed by atoms with E-state index in [-0.39, 0.29) is 5.78 Å². The molecule has 1 aromatic heterocycles. The third kappa shape index (κ3) is 3.86. The first-order chi connectivity index (χ1) is 8.63. The van der Waals surface area contributed by atoms with E-state index in [1.54, 1.807) is 0 Å². The van der Waals surface area contributed by atoms with Crippen LogP contribution >= 0.6 is 22.9 Å². The number of thiophene rings is 1. The molecular formula is C14H14ClNOS. The molecule has 0 aliphatic carbocycles. The van der Waals surface area contributed by atoms with Gasteiger partial charge in [-0.2, -0.15) is 0 Å². The molecule has 2 nitrogen and oxygen atoms in total. The van der Waals surface area contributed by atoms with Gasteiger partial charge in [-0.3, -0.25) is 4.79 Å². The minimum atomic E-state index is 0.241. The molecule has 94 valence electrons. The van der Waals surface area contributed by atoms with Gasteiger partial charge in [0.25, 0.3) is 0 Å². The predicted octanol–water partition coefficient (Wildman–Crippen LogP) is 3.73. The molecule has 0 amide bonds. The summed E-state index contributed by atoms with van der Waals surface area (Å²) < 4.78 is 0.733. The van der Waals surface area contributed by atoms with Crippen molar-refractivity contribution >= 4 is 34.4 Å². The number of rotatable bonds is 5. The van der Waals surface area contributed by atoms with Gasteiger partial charge in [0.2, 0.25) is 0 Å². The van der Waals surface area contributed by atoms with Gasteiger partial charge in [-0.05, 0) is 36.2 Å². The zero-order chi connectivity index (χ0) is 13.0. The van der Waals surface area contributed by atoms with E-state index in [2.05, 4.69) is 0 Å².